The molecule has 1 aromatic carbocycles. The van der Waals surface area contributed by atoms with E-state index >= 15 is 0 Å². The van der Waals surface area contributed by atoms with Gasteiger partial charge in [-0.3, -0.25) is 4.90 Å². The van der Waals surface area contributed by atoms with Gasteiger partial charge in [-0.1, -0.05) is 17.7 Å². The number of halogens is 2. The number of nitrogens with zero attached hydrogens (tertiary/aromatic N) is 1. The maximum atomic E-state index is 13.9. The van der Waals surface area contributed by atoms with Crippen LogP contribution in [0.1, 0.15) is 18.5 Å². The molecule has 2 unspecified atom stereocenters. The Morgan fingerprint density at radius 1 is 1.50 bits per heavy atom. The average molecular weight is 275 g/mol. The van der Waals surface area contributed by atoms with Crippen molar-refractivity contribution in [2.75, 3.05) is 27.3 Å². The Morgan fingerprint density at radius 2 is 2.17 bits per heavy atom. The molecule has 5 heteroatoms. The van der Waals surface area contributed by atoms with Crippen LogP contribution < -0.4 is 5.73 Å². The van der Waals surface area contributed by atoms with E-state index in [1.165, 1.54) is 6.07 Å². The van der Waals surface area contributed by atoms with Crippen LogP contribution in [0.5, 0.6) is 0 Å². The lowest BCUT2D eigenvalue weighted by Crippen LogP contribution is -2.39. The van der Waals surface area contributed by atoms with Gasteiger partial charge in [0, 0.05) is 30.3 Å². The zero-order chi connectivity index (χ0) is 13.7. The smallest absolute Gasteiger partial charge is 0.129 e. The molecule has 0 aliphatic carbocycles. The predicted molar refractivity (Wildman–Crippen MR) is 72.3 cm³/mol. The van der Waals surface area contributed by atoms with Crippen LogP contribution in [0.25, 0.3) is 0 Å². The van der Waals surface area contributed by atoms with Crippen LogP contribution >= 0.6 is 11.6 Å². The quantitative estimate of drug-likeness (QED) is 0.866. The number of hydrogen-bond acceptors (Lipinski definition) is 3. The summed E-state index contributed by atoms with van der Waals surface area (Å²) in [6.45, 7) is 2.85. The van der Waals surface area contributed by atoms with E-state index in [0.29, 0.717) is 23.7 Å². The summed E-state index contributed by atoms with van der Waals surface area (Å²) in [6.07, 6.45) is 0. The molecule has 0 aliphatic heterocycles. The first-order valence-corrected chi connectivity index (χ1v) is 6.25. The van der Waals surface area contributed by atoms with Crippen molar-refractivity contribution in [1.82, 2.24) is 4.90 Å². The second-order valence-electron chi connectivity index (χ2n) is 4.36. The Balaban J connectivity index is 3.02. The lowest BCUT2D eigenvalue weighted by Gasteiger charge is -2.33. The van der Waals surface area contributed by atoms with Crippen molar-refractivity contribution in [3.8, 4) is 0 Å². The fourth-order valence-corrected chi connectivity index (χ4v) is 2.27. The normalized spacial score (nSPS) is 14.8. The van der Waals surface area contributed by atoms with E-state index in [1.807, 2.05) is 18.9 Å². The summed E-state index contributed by atoms with van der Waals surface area (Å²) in [5.74, 6) is -0.325. The van der Waals surface area contributed by atoms with Crippen LogP contribution in [0, 0.1) is 5.82 Å². The van der Waals surface area contributed by atoms with Gasteiger partial charge in [-0.25, -0.2) is 4.39 Å². The number of likely N-dealkylation sites (N-methyl/N-ethyl adjacent to an activating group) is 1. The van der Waals surface area contributed by atoms with Gasteiger partial charge in [0.05, 0.1) is 12.6 Å². The number of nitrogens with two attached hydrogens (primary N) is 1. The SMILES string of the molecule is COCC(C)N(C)C(CN)c1c(F)cccc1Cl. The Labute approximate surface area is 113 Å². The molecule has 18 heavy (non-hydrogen) atoms. The van der Waals surface area contributed by atoms with Gasteiger partial charge in [0.2, 0.25) is 0 Å². The Bertz CT molecular complexity index is 369. The molecular formula is C13H20ClFN2O. The number of hydrogen-bond donors (Lipinski definition) is 1. The molecule has 0 aliphatic rings. The molecule has 0 heterocycles. The molecule has 2 N–H and O–H groups in total. The van der Waals surface area contributed by atoms with Gasteiger partial charge in [0.15, 0.2) is 0 Å². The third-order valence-electron chi connectivity index (χ3n) is 3.15. The van der Waals surface area contributed by atoms with Crippen LogP contribution in [-0.2, 0) is 4.74 Å². The van der Waals surface area contributed by atoms with Crippen molar-refractivity contribution in [1.29, 1.82) is 0 Å². The minimum atomic E-state index is -0.325. The molecule has 0 amide bonds. The van der Waals surface area contributed by atoms with E-state index in [0.717, 1.165) is 0 Å². The molecule has 0 saturated carbocycles. The minimum Gasteiger partial charge on any atom is -0.383 e. The van der Waals surface area contributed by atoms with Crippen LogP contribution in [0.4, 0.5) is 4.39 Å². The fourth-order valence-electron chi connectivity index (χ4n) is 1.98. The molecule has 0 bridgehead atoms. The summed E-state index contributed by atoms with van der Waals surface area (Å²) in [5, 5.41) is 0.405. The maximum Gasteiger partial charge on any atom is 0.129 e. The largest absolute Gasteiger partial charge is 0.383 e. The van der Waals surface area contributed by atoms with Gasteiger partial charge in [-0.15, -0.1) is 0 Å². The average Bonchev–Trinajstić information content (AvgIpc) is 2.33. The van der Waals surface area contributed by atoms with Crippen LogP contribution in [-0.4, -0.2) is 38.3 Å². The van der Waals surface area contributed by atoms with Crippen molar-refractivity contribution in [3.05, 3.63) is 34.6 Å². The molecule has 0 fully saturated rings. The zero-order valence-corrected chi connectivity index (χ0v) is 11.7. The lowest BCUT2D eigenvalue weighted by molar-refractivity contribution is 0.0900. The summed E-state index contributed by atoms with van der Waals surface area (Å²) in [4.78, 5) is 1.98. The van der Waals surface area contributed by atoms with E-state index in [2.05, 4.69) is 0 Å². The van der Waals surface area contributed by atoms with Crippen molar-refractivity contribution in [3.63, 3.8) is 0 Å². The maximum absolute atomic E-state index is 13.9. The lowest BCUT2D eigenvalue weighted by atomic mass is 10.0. The third-order valence-corrected chi connectivity index (χ3v) is 3.48. The summed E-state index contributed by atoms with van der Waals surface area (Å²) >= 11 is 6.08. The fraction of sp³-hybridized carbons (Fsp3) is 0.538. The predicted octanol–water partition coefficient (Wildman–Crippen LogP) is 2.45. The molecular weight excluding hydrogens is 255 g/mol. The molecule has 1 rings (SSSR count). The summed E-state index contributed by atoms with van der Waals surface area (Å²) in [7, 11) is 3.53. The molecule has 2 atom stereocenters. The van der Waals surface area contributed by atoms with E-state index in [-0.39, 0.29) is 17.9 Å². The molecule has 1 aromatic rings. The number of ether oxygens (including phenoxy) is 1. The van der Waals surface area contributed by atoms with Gasteiger partial charge in [-0.05, 0) is 26.1 Å². The highest BCUT2D eigenvalue weighted by molar-refractivity contribution is 6.31. The standard InChI is InChI=1S/C13H20ClFN2O/c1-9(8-18-3)17(2)12(7-16)13-10(14)5-4-6-11(13)15/h4-6,9,12H,7-8,16H2,1-3H3. The first-order valence-electron chi connectivity index (χ1n) is 5.87. The molecule has 0 aromatic heterocycles. The van der Waals surface area contributed by atoms with Crippen LogP contribution in [0.15, 0.2) is 18.2 Å². The van der Waals surface area contributed by atoms with Gasteiger partial charge < -0.3 is 10.5 Å². The van der Waals surface area contributed by atoms with Gasteiger partial charge in [-0.2, -0.15) is 0 Å². The highest BCUT2D eigenvalue weighted by Gasteiger charge is 2.24. The highest BCUT2D eigenvalue weighted by atomic mass is 35.5. The molecule has 0 spiro atoms. The van der Waals surface area contributed by atoms with Crippen molar-refractivity contribution >= 4 is 11.6 Å². The highest BCUT2D eigenvalue weighted by Crippen LogP contribution is 2.29. The second kappa shape index (κ2) is 7.04. The van der Waals surface area contributed by atoms with Gasteiger partial charge in [0.1, 0.15) is 5.82 Å². The van der Waals surface area contributed by atoms with Crippen molar-refractivity contribution in [2.24, 2.45) is 5.73 Å². The topological polar surface area (TPSA) is 38.5 Å². The summed E-state index contributed by atoms with van der Waals surface area (Å²) in [6, 6.07) is 4.53. The summed E-state index contributed by atoms with van der Waals surface area (Å²) < 4.78 is 19.0. The minimum absolute atomic E-state index is 0.124. The first-order chi connectivity index (χ1) is 8.52. The van der Waals surface area contributed by atoms with Crippen molar-refractivity contribution in [2.45, 2.75) is 19.0 Å². The number of benzene rings is 1. The third kappa shape index (κ3) is 3.42. The first kappa shape index (κ1) is 15.4. The number of rotatable bonds is 6. The molecule has 0 saturated heterocycles. The van der Waals surface area contributed by atoms with Crippen molar-refractivity contribution < 1.29 is 9.13 Å². The monoisotopic (exact) mass is 274 g/mol. The van der Waals surface area contributed by atoms with E-state index in [9.17, 15) is 4.39 Å². The molecule has 102 valence electrons. The Morgan fingerprint density at radius 3 is 2.67 bits per heavy atom. The van der Waals surface area contributed by atoms with Gasteiger partial charge >= 0.3 is 0 Å². The zero-order valence-electron chi connectivity index (χ0n) is 11.0. The molecule has 3 nitrogen and oxygen atoms in total. The number of methoxy groups -OCH3 is 1. The van der Waals surface area contributed by atoms with Crippen LogP contribution in [0.2, 0.25) is 5.02 Å². The molecule has 0 radical (unpaired) electrons. The second-order valence-corrected chi connectivity index (χ2v) is 4.76. The van der Waals surface area contributed by atoms with Gasteiger partial charge in [0.25, 0.3) is 0 Å². The van der Waals surface area contributed by atoms with E-state index < -0.39 is 0 Å². The Kier molecular flexibility index (Phi) is 6.02. The summed E-state index contributed by atoms with van der Waals surface area (Å²) in [5.41, 5.74) is 6.22. The van der Waals surface area contributed by atoms with Crippen LogP contribution in [0.3, 0.4) is 0 Å². The van der Waals surface area contributed by atoms with E-state index in [1.54, 1.807) is 19.2 Å². The van der Waals surface area contributed by atoms with E-state index in [4.69, 9.17) is 22.1 Å². The Hall–Kier alpha value is -0.680.